The molecule has 0 radical (unpaired) electrons. The van der Waals surface area contributed by atoms with E-state index in [2.05, 4.69) is 19.2 Å². The van der Waals surface area contributed by atoms with Crippen molar-refractivity contribution in [3.05, 3.63) is 65.7 Å². The fourth-order valence-electron chi connectivity index (χ4n) is 2.53. The largest absolute Gasteiger partial charge is 0.381 e. The summed E-state index contributed by atoms with van der Waals surface area (Å²) in [7, 11) is -3.44. The molecule has 27 heavy (non-hydrogen) atoms. The van der Waals surface area contributed by atoms with E-state index < -0.39 is 9.84 Å². The van der Waals surface area contributed by atoms with Crippen molar-refractivity contribution >= 4 is 15.7 Å². The van der Waals surface area contributed by atoms with Gasteiger partial charge in [-0.15, -0.1) is 0 Å². The topological polar surface area (TPSA) is 72.5 Å². The van der Waals surface area contributed by atoms with Crippen LogP contribution in [0.25, 0.3) is 0 Å². The molecule has 2 rings (SSSR count). The van der Waals surface area contributed by atoms with Crippen LogP contribution in [0.1, 0.15) is 36.2 Å². The number of hydrogen-bond donors (Lipinski definition) is 1. The van der Waals surface area contributed by atoms with E-state index in [1.54, 1.807) is 54.6 Å². The third kappa shape index (κ3) is 7.15. The van der Waals surface area contributed by atoms with Crippen molar-refractivity contribution in [3.63, 3.8) is 0 Å². The standard InChI is InChI=1S/C21H27NO4S/c1-17(2)15-26-13-7-12-22-21(23)19-9-6-8-18(14-19)16-27(24,25)20-10-4-3-5-11-20/h3-6,8-11,14,17H,7,12-13,15-16H2,1-2H3,(H,22,23). The molecule has 1 N–H and O–H groups in total. The van der Waals surface area contributed by atoms with E-state index in [0.717, 1.165) is 6.42 Å². The summed E-state index contributed by atoms with van der Waals surface area (Å²) >= 11 is 0. The first-order valence-corrected chi connectivity index (χ1v) is 10.8. The molecular formula is C21H27NO4S. The van der Waals surface area contributed by atoms with Gasteiger partial charge in [0.15, 0.2) is 9.84 Å². The highest BCUT2D eigenvalue weighted by Gasteiger charge is 2.16. The molecule has 0 saturated heterocycles. The Morgan fingerprint density at radius 2 is 1.81 bits per heavy atom. The molecule has 1 amide bonds. The third-order valence-electron chi connectivity index (χ3n) is 3.85. The zero-order valence-corrected chi connectivity index (χ0v) is 16.7. The number of carbonyl (C=O) groups is 1. The summed E-state index contributed by atoms with van der Waals surface area (Å²) in [5.74, 6) is 0.147. The molecule has 0 aliphatic rings. The number of rotatable bonds is 10. The van der Waals surface area contributed by atoms with Crippen LogP contribution in [-0.2, 0) is 20.3 Å². The van der Waals surface area contributed by atoms with Crippen LogP contribution in [0.5, 0.6) is 0 Å². The first-order valence-electron chi connectivity index (χ1n) is 9.11. The third-order valence-corrected chi connectivity index (χ3v) is 5.55. The van der Waals surface area contributed by atoms with E-state index in [1.165, 1.54) is 0 Å². The van der Waals surface area contributed by atoms with Crippen LogP contribution in [-0.4, -0.2) is 34.1 Å². The summed E-state index contributed by atoms with van der Waals surface area (Å²) in [6.45, 7) is 6.02. The molecule has 6 heteroatoms. The molecule has 2 aromatic rings. The summed E-state index contributed by atoms with van der Waals surface area (Å²) < 4.78 is 30.5. The summed E-state index contributed by atoms with van der Waals surface area (Å²) in [6.07, 6.45) is 0.737. The van der Waals surface area contributed by atoms with E-state index >= 15 is 0 Å². The Hall–Kier alpha value is -2.18. The maximum atomic E-state index is 12.5. The minimum absolute atomic E-state index is 0.138. The van der Waals surface area contributed by atoms with Gasteiger partial charge in [0.1, 0.15) is 0 Å². The lowest BCUT2D eigenvalue weighted by molar-refractivity contribution is 0.0925. The quantitative estimate of drug-likeness (QED) is 0.632. The van der Waals surface area contributed by atoms with Gasteiger partial charge in [-0.1, -0.05) is 44.2 Å². The van der Waals surface area contributed by atoms with Gasteiger partial charge in [0, 0.05) is 25.3 Å². The number of hydrogen-bond acceptors (Lipinski definition) is 4. The van der Waals surface area contributed by atoms with Crippen LogP contribution >= 0.6 is 0 Å². The molecule has 0 unspecified atom stereocenters. The second-order valence-electron chi connectivity index (χ2n) is 6.85. The highest BCUT2D eigenvalue weighted by atomic mass is 32.2. The molecule has 0 spiro atoms. The monoisotopic (exact) mass is 389 g/mol. The van der Waals surface area contributed by atoms with Crippen molar-refractivity contribution < 1.29 is 17.9 Å². The maximum Gasteiger partial charge on any atom is 0.251 e. The van der Waals surface area contributed by atoms with E-state index in [1.807, 2.05) is 0 Å². The van der Waals surface area contributed by atoms with Crippen molar-refractivity contribution in [1.82, 2.24) is 5.32 Å². The molecular weight excluding hydrogens is 362 g/mol. The van der Waals surface area contributed by atoms with Gasteiger partial charge in [0.05, 0.1) is 10.6 Å². The fraction of sp³-hybridized carbons (Fsp3) is 0.381. The van der Waals surface area contributed by atoms with Gasteiger partial charge in [-0.3, -0.25) is 4.79 Å². The number of ether oxygens (including phenoxy) is 1. The Bertz CT molecular complexity index is 832. The highest BCUT2D eigenvalue weighted by molar-refractivity contribution is 7.90. The van der Waals surface area contributed by atoms with Crippen LogP contribution in [0.15, 0.2) is 59.5 Å². The van der Waals surface area contributed by atoms with Gasteiger partial charge in [0.25, 0.3) is 5.91 Å². The average molecular weight is 390 g/mol. The second kappa shape index (κ2) is 10.2. The van der Waals surface area contributed by atoms with Crippen molar-refractivity contribution in [2.45, 2.75) is 30.9 Å². The van der Waals surface area contributed by atoms with Gasteiger partial charge >= 0.3 is 0 Å². The molecule has 0 aromatic heterocycles. The Labute approximate surface area is 161 Å². The predicted molar refractivity (Wildman–Crippen MR) is 106 cm³/mol. The summed E-state index contributed by atoms with van der Waals surface area (Å²) in [5.41, 5.74) is 1.05. The Balaban J connectivity index is 1.90. The zero-order valence-electron chi connectivity index (χ0n) is 15.9. The summed E-state index contributed by atoms with van der Waals surface area (Å²) in [4.78, 5) is 12.6. The van der Waals surface area contributed by atoms with Crippen LogP contribution in [0.3, 0.4) is 0 Å². The molecule has 0 bridgehead atoms. The highest BCUT2D eigenvalue weighted by Crippen LogP contribution is 2.17. The number of benzene rings is 2. The van der Waals surface area contributed by atoms with Crippen molar-refractivity contribution in [2.24, 2.45) is 5.92 Å². The van der Waals surface area contributed by atoms with Gasteiger partial charge in [-0.05, 0) is 42.2 Å². The van der Waals surface area contributed by atoms with Gasteiger partial charge in [-0.25, -0.2) is 8.42 Å². The van der Waals surface area contributed by atoms with Crippen molar-refractivity contribution in [3.8, 4) is 0 Å². The molecule has 0 fully saturated rings. The lowest BCUT2D eigenvalue weighted by atomic mass is 10.1. The molecule has 5 nitrogen and oxygen atoms in total. The molecule has 0 atom stereocenters. The summed E-state index contributed by atoms with van der Waals surface area (Å²) in [5, 5.41) is 2.84. The van der Waals surface area contributed by atoms with Crippen LogP contribution in [0.4, 0.5) is 0 Å². The maximum absolute atomic E-state index is 12.5. The average Bonchev–Trinajstić information content (AvgIpc) is 2.64. The van der Waals surface area contributed by atoms with Crippen molar-refractivity contribution in [1.29, 1.82) is 0 Å². The Kier molecular flexibility index (Phi) is 8.00. The minimum atomic E-state index is -3.44. The number of amides is 1. The van der Waals surface area contributed by atoms with Crippen molar-refractivity contribution in [2.75, 3.05) is 19.8 Å². The number of sulfone groups is 1. The predicted octanol–water partition coefficient (Wildman–Crippen LogP) is 3.45. The fourth-order valence-corrected chi connectivity index (χ4v) is 3.89. The zero-order chi connectivity index (χ0) is 19.7. The van der Waals surface area contributed by atoms with E-state index in [4.69, 9.17) is 4.74 Å². The van der Waals surface area contributed by atoms with Crippen LogP contribution in [0, 0.1) is 5.92 Å². The molecule has 146 valence electrons. The molecule has 0 aliphatic heterocycles. The minimum Gasteiger partial charge on any atom is -0.381 e. The number of carbonyl (C=O) groups excluding carboxylic acids is 1. The molecule has 2 aromatic carbocycles. The summed E-state index contributed by atoms with van der Waals surface area (Å²) in [6, 6.07) is 15.1. The molecule has 0 heterocycles. The van der Waals surface area contributed by atoms with E-state index in [9.17, 15) is 13.2 Å². The normalized spacial score (nSPS) is 11.5. The Morgan fingerprint density at radius 1 is 1.07 bits per heavy atom. The first-order chi connectivity index (χ1) is 12.9. The smallest absolute Gasteiger partial charge is 0.251 e. The second-order valence-corrected chi connectivity index (χ2v) is 8.84. The Morgan fingerprint density at radius 3 is 2.52 bits per heavy atom. The molecule has 0 aliphatic carbocycles. The SMILES string of the molecule is CC(C)COCCCNC(=O)c1cccc(CS(=O)(=O)c2ccccc2)c1. The van der Waals surface area contributed by atoms with Crippen LogP contribution < -0.4 is 5.32 Å². The van der Waals surface area contributed by atoms with E-state index in [-0.39, 0.29) is 16.6 Å². The van der Waals surface area contributed by atoms with Crippen LogP contribution in [0.2, 0.25) is 0 Å². The number of nitrogens with one attached hydrogen (secondary N) is 1. The van der Waals surface area contributed by atoms with Gasteiger partial charge in [-0.2, -0.15) is 0 Å². The lowest BCUT2D eigenvalue weighted by Gasteiger charge is -2.09. The molecule has 0 saturated carbocycles. The first kappa shape index (κ1) is 21.1. The van der Waals surface area contributed by atoms with Gasteiger partial charge < -0.3 is 10.1 Å². The van der Waals surface area contributed by atoms with Gasteiger partial charge in [0.2, 0.25) is 0 Å². The van der Waals surface area contributed by atoms with E-state index in [0.29, 0.717) is 36.8 Å². The lowest BCUT2D eigenvalue weighted by Crippen LogP contribution is -2.25.